The quantitative estimate of drug-likeness (QED) is 0.664. The lowest BCUT2D eigenvalue weighted by molar-refractivity contribution is -0.144. The number of fused-ring (bicyclic) bond motifs is 1. The molecule has 0 bridgehead atoms. The highest BCUT2D eigenvalue weighted by molar-refractivity contribution is 5.46. The summed E-state index contributed by atoms with van der Waals surface area (Å²) in [5.41, 5.74) is 2.91. The molecule has 160 valence electrons. The van der Waals surface area contributed by atoms with Crippen LogP contribution in [-0.2, 0) is 19.3 Å². The maximum absolute atomic E-state index is 13.0. The summed E-state index contributed by atoms with van der Waals surface area (Å²) >= 11 is 0. The van der Waals surface area contributed by atoms with E-state index in [9.17, 15) is 13.2 Å². The SMILES string of the molecule is Cc1cc(NCc2ccccc2CN2CCCCCC2)n2nc(C(F)(F)F)nc2n1. The zero-order chi connectivity index (χ0) is 21.1. The van der Waals surface area contributed by atoms with Crippen molar-refractivity contribution in [2.24, 2.45) is 0 Å². The fraction of sp³-hybridized carbons (Fsp3) is 0.476. The Morgan fingerprint density at radius 2 is 1.70 bits per heavy atom. The summed E-state index contributed by atoms with van der Waals surface area (Å²) in [6.45, 7) is 5.28. The van der Waals surface area contributed by atoms with E-state index in [0.717, 1.165) is 29.7 Å². The van der Waals surface area contributed by atoms with Gasteiger partial charge in [0.05, 0.1) is 0 Å². The molecule has 9 heteroatoms. The second kappa shape index (κ2) is 8.59. The molecule has 6 nitrogen and oxygen atoms in total. The molecule has 0 amide bonds. The van der Waals surface area contributed by atoms with E-state index in [2.05, 4.69) is 31.3 Å². The number of alkyl halides is 3. The summed E-state index contributed by atoms with van der Waals surface area (Å²) in [6.07, 6.45) is 0.410. The van der Waals surface area contributed by atoms with Crippen LogP contribution in [0.5, 0.6) is 0 Å². The van der Waals surface area contributed by atoms with Gasteiger partial charge >= 0.3 is 6.18 Å². The predicted octanol–water partition coefficient (Wildman–Crippen LogP) is 4.44. The number of nitrogens with zero attached hydrogens (tertiary/aromatic N) is 5. The third-order valence-electron chi connectivity index (χ3n) is 5.36. The fourth-order valence-corrected chi connectivity index (χ4v) is 3.84. The van der Waals surface area contributed by atoms with Gasteiger partial charge in [-0.05, 0) is 44.0 Å². The van der Waals surface area contributed by atoms with Crippen LogP contribution < -0.4 is 5.32 Å². The number of hydrogen-bond donors (Lipinski definition) is 1. The van der Waals surface area contributed by atoms with E-state index in [-0.39, 0.29) is 5.78 Å². The van der Waals surface area contributed by atoms with Crippen LogP contribution in [-0.4, -0.2) is 37.6 Å². The molecule has 1 saturated heterocycles. The minimum Gasteiger partial charge on any atom is -0.366 e. The van der Waals surface area contributed by atoms with Crippen molar-refractivity contribution in [1.29, 1.82) is 0 Å². The molecular formula is C21H25F3N6. The molecule has 1 aromatic carbocycles. The number of likely N-dealkylation sites (tertiary alicyclic amines) is 1. The minimum atomic E-state index is -4.61. The summed E-state index contributed by atoms with van der Waals surface area (Å²) < 4.78 is 40.2. The van der Waals surface area contributed by atoms with Crippen molar-refractivity contribution in [3.8, 4) is 0 Å². The molecule has 0 radical (unpaired) electrons. The molecule has 4 rings (SSSR count). The molecule has 1 N–H and O–H groups in total. The maximum Gasteiger partial charge on any atom is 0.453 e. The zero-order valence-corrected chi connectivity index (χ0v) is 16.9. The predicted molar refractivity (Wildman–Crippen MR) is 108 cm³/mol. The van der Waals surface area contributed by atoms with Crippen LogP contribution in [0.15, 0.2) is 30.3 Å². The summed E-state index contributed by atoms with van der Waals surface area (Å²) in [5.74, 6) is -0.821. The molecular weight excluding hydrogens is 393 g/mol. The van der Waals surface area contributed by atoms with Crippen LogP contribution in [0, 0.1) is 6.92 Å². The van der Waals surface area contributed by atoms with Crippen molar-refractivity contribution in [3.63, 3.8) is 0 Å². The number of anilines is 1. The van der Waals surface area contributed by atoms with Gasteiger partial charge in [0.15, 0.2) is 0 Å². The smallest absolute Gasteiger partial charge is 0.366 e. The van der Waals surface area contributed by atoms with Crippen LogP contribution in [0.2, 0.25) is 0 Å². The molecule has 1 fully saturated rings. The Bertz CT molecular complexity index is 1010. The van der Waals surface area contributed by atoms with Crippen LogP contribution in [0.1, 0.15) is 48.3 Å². The summed E-state index contributed by atoms with van der Waals surface area (Å²) in [5, 5.41) is 6.85. The van der Waals surface area contributed by atoms with Crippen molar-refractivity contribution in [1.82, 2.24) is 24.5 Å². The second-order valence-corrected chi connectivity index (χ2v) is 7.74. The van der Waals surface area contributed by atoms with E-state index in [1.54, 1.807) is 13.0 Å². The molecule has 0 spiro atoms. The van der Waals surface area contributed by atoms with Gasteiger partial charge in [-0.15, -0.1) is 5.10 Å². The summed E-state index contributed by atoms with van der Waals surface area (Å²) in [7, 11) is 0. The van der Waals surface area contributed by atoms with Gasteiger partial charge < -0.3 is 5.32 Å². The molecule has 1 aliphatic heterocycles. The number of nitrogens with one attached hydrogen (secondary N) is 1. The first kappa shape index (κ1) is 20.6. The van der Waals surface area contributed by atoms with Crippen molar-refractivity contribution in [2.75, 3.05) is 18.4 Å². The Balaban J connectivity index is 1.55. The summed E-state index contributed by atoms with van der Waals surface area (Å²) in [6, 6.07) is 9.85. The highest BCUT2D eigenvalue weighted by atomic mass is 19.4. The Kier molecular flexibility index (Phi) is 5.90. The number of rotatable bonds is 5. The lowest BCUT2D eigenvalue weighted by Crippen LogP contribution is -2.24. The second-order valence-electron chi connectivity index (χ2n) is 7.74. The third-order valence-corrected chi connectivity index (χ3v) is 5.36. The molecule has 3 aromatic rings. The van der Waals surface area contributed by atoms with Gasteiger partial charge in [0.25, 0.3) is 11.6 Å². The number of hydrogen-bond acceptors (Lipinski definition) is 5. The number of halogens is 3. The fourth-order valence-electron chi connectivity index (χ4n) is 3.84. The van der Waals surface area contributed by atoms with Crippen LogP contribution in [0.25, 0.3) is 5.78 Å². The first-order valence-corrected chi connectivity index (χ1v) is 10.2. The molecule has 0 saturated carbocycles. The Hall–Kier alpha value is -2.68. The zero-order valence-electron chi connectivity index (χ0n) is 16.9. The van der Waals surface area contributed by atoms with Crippen LogP contribution in [0.4, 0.5) is 19.0 Å². The van der Waals surface area contributed by atoms with Crippen molar-refractivity contribution in [2.45, 2.75) is 51.9 Å². The molecule has 3 heterocycles. The molecule has 1 aliphatic rings. The summed E-state index contributed by atoms with van der Waals surface area (Å²) in [4.78, 5) is 10.1. The molecule has 0 atom stereocenters. The largest absolute Gasteiger partial charge is 0.453 e. The van der Waals surface area contributed by atoms with Gasteiger partial charge in [-0.2, -0.15) is 22.7 Å². The van der Waals surface area contributed by atoms with E-state index >= 15 is 0 Å². The topological polar surface area (TPSA) is 58.4 Å². The molecule has 0 aliphatic carbocycles. The minimum absolute atomic E-state index is 0.0670. The normalized spacial score (nSPS) is 16.0. The lowest BCUT2D eigenvalue weighted by atomic mass is 10.1. The van der Waals surface area contributed by atoms with Crippen molar-refractivity contribution >= 4 is 11.6 Å². The van der Waals surface area contributed by atoms with E-state index in [4.69, 9.17) is 0 Å². The first-order chi connectivity index (χ1) is 14.4. The highest BCUT2D eigenvalue weighted by Crippen LogP contribution is 2.27. The molecule has 2 aromatic heterocycles. The van der Waals surface area contributed by atoms with E-state index in [0.29, 0.717) is 18.1 Å². The Labute approximate surface area is 173 Å². The first-order valence-electron chi connectivity index (χ1n) is 10.2. The van der Waals surface area contributed by atoms with Crippen LogP contribution in [0.3, 0.4) is 0 Å². The third kappa shape index (κ3) is 4.72. The lowest BCUT2D eigenvalue weighted by Gasteiger charge is -2.22. The van der Waals surface area contributed by atoms with Gasteiger partial charge in [0.2, 0.25) is 0 Å². The van der Waals surface area contributed by atoms with E-state index < -0.39 is 12.0 Å². The molecule has 0 unspecified atom stereocenters. The Morgan fingerprint density at radius 3 is 2.40 bits per heavy atom. The highest BCUT2D eigenvalue weighted by Gasteiger charge is 2.36. The molecule has 30 heavy (non-hydrogen) atoms. The van der Waals surface area contributed by atoms with E-state index in [1.165, 1.54) is 31.2 Å². The van der Waals surface area contributed by atoms with Crippen molar-refractivity contribution in [3.05, 3.63) is 53.0 Å². The number of benzene rings is 1. The Morgan fingerprint density at radius 1 is 1.00 bits per heavy atom. The van der Waals surface area contributed by atoms with Crippen molar-refractivity contribution < 1.29 is 13.2 Å². The standard InChI is InChI=1S/C21H25F3N6/c1-15-12-18(30-20(26-15)27-19(28-30)21(22,23)24)25-13-16-8-4-5-9-17(16)14-29-10-6-2-3-7-11-29/h4-5,8-9,12,25H,2-3,6-7,10-11,13-14H2,1H3. The van der Waals surface area contributed by atoms with Gasteiger partial charge in [0.1, 0.15) is 5.82 Å². The van der Waals surface area contributed by atoms with Crippen LogP contribution >= 0.6 is 0 Å². The van der Waals surface area contributed by atoms with Gasteiger partial charge in [-0.1, -0.05) is 37.1 Å². The average Bonchev–Trinajstić information content (AvgIpc) is 2.98. The number of aryl methyl sites for hydroxylation is 1. The van der Waals surface area contributed by atoms with E-state index in [1.807, 2.05) is 18.2 Å². The number of aromatic nitrogens is 4. The van der Waals surface area contributed by atoms with Gasteiger partial charge in [-0.25, -0.2) is 4.98 Å². The monoisotopic (exact) mass is 418 g/mol. The maximum atomic E-state index is 13.0. The average molecular weight is 418 g/mol. The van der Waals surface area contributed by atoms with Gasteiger partial charge in [-0.3, -0.25) is 4.90 Å². The van der Waals surface area contributed by atoms with Gasteiger partial charge in [0, 0.05) is 24.8 Å².